The van der Waals surface area contributed by atoms with Crippen LogP contribution in [0.4, 0.5) is 0 Å². The molecule has 0 aliphatic carbocycles. The highest BCUT2D eigenvalue weighted by atomic mass is 32.2. The first kappa shape index (κ1) is 10.5. The van der Waals surface area contributed by atoms with E-state index in [0.717, 1.165) is 5.04 Å². The van der Waals surface area contributed by atoms with Gasteiger partial charge in [-0.1, -0.05) is 13.8 Å². The number of hydrogen-bond acceptors (Lipinski definition) is 3. The molecule has 1 heterocycles. The Bertz CT molecular complexity index is 168. The highest BCUT2D eigenvalue weighted by Gasteiger charge is 2.21. The van der Waals surface area contributed by atoms with Gasteiger partial charge in [0.25, 0.3) is 0 Å². The Balaban J connectivity index is 0.000000461. The van der Waals surface area contributed by atoms with Crippen LogP contribution in [0.2, 0.25) is 0 Å². The summed E-state index contributed by atoms with van der Waals surface area (Å²) in [4.78, 5) is 14.1. The fraction of sp³-hybridized carbons (Fsp3) is 0.714. The van der Waals surface area contributed by atoms with E-state index < -0.39 is 12.0 Å². The molecule has 64 valence electrons. The minimum absolute atomic E-state index is 0.491. The largest absolute Gasteiger partial charge is 0.480 e. The zero-order chi connectivity index (χ0) is 8.85. The van der Waals surface area contributed by atoms with Gasteiger partial charge in [-0.3, -0.25) is 4.99 Å². The van der Waals surface area contributed by atoms with E-state index in [2.05, 4.69) is 4.99 Å². The normalized spacial score (nSPS) is 21.7. The summed E-state index contributed by atoms with van der Waals surface area (Å²) in [6.45, 7) is 5.83. The molecule has 11 heavy (non-hydrogen) atoms. The Labute approximate surface area is 70.9 Å². The van der Waals surface area contributed by atoms with Crippen molar-refractivity contribution in [2.45, 2.75) is 26.8 Å². The van der Waals surface area contributed by atoms with Crippen LogP contribution in [0.25, 0.3) is 0 Å². The maximum Gasteiger partial charge on any atom is 0.329 e. The first-order valence-electron chi connectivity index (χ1n) is 3.60. The Morgan fingerprint density at radius 2 is 2.27 bits per heavy atom. The lowest BCUT2D eigenvalue weighted by molar-refractivity contribution is -0.137. The minimum Gasteiger partial charge on any atom is -0.480 e. The average Bonchev–Trinajstić information content (AvgIpc) is 2.40. The van der Waals surface area contributed by atoms with Crippen molar-refractivity contribution in [3.63, 3.8) is 0 Å². The second kappa shape index (κ2) is 5.18. The van der Waals surface area contributed by atoms with Crippen molar-refractivity contribution in [1.29, 1.82) is 0 Å². The van der Waals surface area contributed by atoms with Gasteiger partial charge in [0, 0.05) is 5.75 Å². The summed E-state index contributed by atoms with van der Waals surface area (Å²) < 4.78 is 0. The highest BCUT2D eigenvalue weighted by Crippen LogP contribution is 2.16. The molecule has 3 nitrogen and oxygen atoms in total. The smallest absolute Gasteiger partial charge is 0.329 e. The van der Waals surface area contributed by atoms with Gasteiger partial charge in [0.2, 0.25) is 0 Å². The third kappa shape index (κ3) is 3.41. The predicted octanol–water partition coefficient (Wildman–Crippen LogP) is 1.63. The van der Waals surface area contributed by atoms with Crippen molar-refractivity contribution in [3.8, 4) is 0 Å². The quantitative estimate of drug-likeness (QED) is 0.659. The van der Waals surface area contributed by atoms with Crippen LogP contribution < -0.4 is 0 Å². The number of hydrogen-bond donors (Lipinski definition) is 1. The molecule has 0 spiro atoms. The average molecular weight is 175 g/mol. The van der Waals surface area contributed by atoms with Gasteiger partial charge in [-0.05, 0) is 6.92 Å². The predicted molar refractivity (Wildman–Crippen MR) is 48.3 cm³/mol. The summed E-state index contributed by atoms with van der Waals surface area (Å²) >= 11 is 1.50. The molecule has 0 fully saturated rings. The number of carboxylic acids is 1. The highest BCUT2D eigenvalue weighted by molar-refractivity contribution is 8.14. The Morgan fingerprint density at radius 1 is 1.73 bits per heavy atom. The number of aliphatic carboxylic acids is 1. The molecule has 4 heteroatoms. The van der Waals surface area contributed by atoms with E-state index in [1.165, 1.54) is 11.8 Å². The van der Waals surface area contributed by atoms with E-state index in [4.69, 9.17) is 5.11 Å². The number of carbonyl (C=O) groups is 1. The van der Waals surface area contributed by atoms with Gasteiger partial charge >= 0.3 is 5.97 Å². The van der Waals surface area contributed by atoms with E-state index in [9.17, 15) is 4.79 Å². The van der Waals surface area contributed by atoms with Crippen LogP contribution in [0.15, 0.2) is 4.99 Å². The maximum atomic E-state index is 10.2. The van der Waals surface area contributed by atoms with Gasteiger partial charge in [0.1, 0.15) is 0 Å². The monoisotopic (exact) mass is 175 g/mol. The molecule has 1 aliphatic rings. The third-order valence-corrected chi connectivity index (χ3v) is 2.08. The van der Waals surface area contributed by atoms with Gasteiger partial charge in [-0.2, -0.15) is 0 Å². The van der Waals surface area contributed by atoms with Crippen LogP contribution >= 0.6 is 11.8 Å². The Hall–Kier alpha value is -0.510. The molecule has 0 radical (unpaired) electrons. The molecule has 0 bridgehead atoms. The molecule has 0 aromatic heterocycles. The molecule has 0 unspecified atom stereocenters. The molecular weight excluding hydrogens is 162 g/mol. The molecule has 1 aliphatic heterocycles. The lowest BCUT2D eigenvalue weighted by Crippen LogP contribution is -2.16. The van der Waals surface area contributed by atoms with Gasteiger partial charge in [-0.25, -0.2) is 4.79 Å². The number of rotatable bonds is 1. The van der Waals surface area contributed by atoms with Gasteiger partial charge in [0.05, 0.1) is 5.04 Å². The zero-order valence-corrected chi connectivity index (χ0v) is 7.81. The number of carboxylic acid groups (broad SMARTS) is 1. The van der Waals surface area contributed by atoms with Crippen LogP contribution in [0.1, 0.15) is 20.8 Å². The van der Waals surface area contributed by atoms with E-state index in [1.807, 2.05) is 20.8 Å². The molecule has 1 N–H and O–H groups in total. The van der Waals surface area contributed by atoms with Crippen LogP contribution in [0.5, 0.6) is 0 Å². The lowest BCUT2D eigenvalue weighted by Gasteiger charge is -1.93. The van der Waals surface area contributed by atoms with Crippen molar-refractivity contribution in [2.75, 3.05) is 5.75 Å². The van der Waals surface area contributed by atoms with E-state index >= 15 is 0 Å². The molecule has 0 saturated heterocycles. The Kier molecular flexibility index (Phi) is 4.94. The molecule has 0 amide bonds. The second-order valence-corrected chi connectivity index (χ2v) is 3.03. The van der Waals surface area contributed by atoms with Gasteiger partial charge < -0.3 is 5.11 Å². The summed E-state index contributed by atoms with van der Waals surface area (Å²) in [6.07, 6.45) is 0. The fourth-order valence-corrected chi connectivity index (χ4v) is 1.44. The summed E-state index contributed by atoms with van der Waals surface area (Å²) in [7, 11) is 0. The van der Waals surface area contributed by atoms with Gasteiger partial charge in [0.15, 0.2) is 6.04 Å². The SMILES string of the molecule is CC.CC1=N[C@H](C(=O)O)CS1. The minimum atomic E-state index is -0.820. The van der Waals surface area contributed by atoms with Crippen molar-refractivity contribution in [2.24, 2.45) is 4.99 Å². The van der Waals surface area contributed by atoms with Gasteiger partial charge in [-0.15, -0.1) is 11.8 Å². The summed E-state index contributed by atoms with van der Waals surface area (Å²) in [6, 6.07) is -0.491. The van der Waals surface area contributed by atoms with Crippen molar-refractivity contribution >= 4 is 22.8 Å². The second-order valence-electron chi connectivity index (χ2n) is 1.81. The molecular formula is C7H13NO2S. The van der Waals surface area contributed by atoms with E-state index in [0.29, 0.717) is 5.75 Å². The van der Waals surface area contributed by atoms with Crippen molar-refractivity contribution in [1.82, 2.24) is 0 Å². The Morgan fingerprint density at radius 3 is 2.45 bits per heavy atom. The standard InChI is InChI=1S/C5H7NO2S.C2H6/c1-3-6-4(2-9-3)5(7)8;1-2/h4H,2H2,1H3,(H,7,8);1-2H3/t4-;/m0./s1. The van der Waals surface area contributed by atoms with Crippen LogP contribution in [0.3, 0.4) is 0 Å². The fourth-order valence-electron chi connectivity index (χ4n) is 0.620. The molecule has 0 aromatic rings. The summed E-state index contributed by atoms with van der Waals surface area (Å²) in [5, 5.41) is 9.29. The van der Waals surface area contributed by atoms with E-state index in [1.54, 1.807) is 0 Å². The first-order chi connectivity index (χ1) is 5.20. The molecule has 1 rings (SSSR count). The summed E-state index contributed by atoms with van der Waals surface area (Å²) in [5.41, 5.74) is 0. The molecule has 0 aromatic carbocycles. The number of thioether (sulfide) groups is 1. The molecule has 1 atom stereocenters. The maximum absolute atomic E-state index is 10.2. The van der Waals surface area contributed by atoms with E-state index in [-0.39, 0.29) is 0 Å². The van der Waals surface area contributed by atoms with Crippen LogP contribution in [-0.4, -0.2) is 27.9 Å². The lowest BCUT2D eigenvalue weighted by atomic mass is 10.4. The first-order valence-corrected chi connectivity index (χ1v) is 4.58. The number of aliphatic imine (C=N–C) groups is 1. The zero-order valence-electron chi connectivity index (χ0n) is 7.00. The van der Waals surface area contributed by atoms with Crippen LogP contribution in [0, 0.1) is 0 Å². The molecule has 0 saturated carbocycles. The topological polar surface area (TPSA) is 49.7 Å². The number of nitrogens with zero attached hydrogens (tertiary/aromatic N) is 1. The van der Waals surface area contributed by atoms with Crippen LogP contribution in [-0.2, 0) is 4.79 Å². The summed E-state index contributed by atoms with van der Waals surface area (Å²) in [5.74, 6) is -0.222. The third-order valence-electron chi connectivity index (χ3n) is 1.07. The van der Waals surface area contributed by atoms with Crippen molar-refractivity contribution in [3.05, 3.63) is 0 Å². The van der Waals surface area contributed by atoms with Crippen molar-refractivity contribution < 1.29 is 9.90 Å².